The van der Waals surface area contributed by atoms with Crippen molar-refractivity contribution in [2.24, 2.45) is 34.5 Å². The first-order valence-electron chi connectivity index (χ1n) is 15.3. The summed E-state index contributed by atoms with van der Waals surface area (Å²) in [7, 11) is 0. The van der Waals surface area contributed by atoms with Gasteiger partial charge in [-0.15, -0.1) is 0 Å². The average molecular weight is 519 g/mol. The van der Waals surface area contributed by atoms with E-state index in [1.165, 1.54) is 42.4 Å². The van der Waals surface area contributed by atoms with Gasteiger partial charge in [-0.25, -0.2) is 0 Å². The van der Waals surface area contributed by atoms with Crippen molar-refractivity contribution in [3.8, 4) is 0 Å². The SMILES string of the molecule is C[C@]12CC[C@H]3[C@@H](CC[C@@]4(C)C(=O)CC[C@H]34)[C@@H]1CC[C@@H]2OC(c1ccccc1)(c1ccccc1)c1ccccc1. The van der Waals surface area contributed by atoms with E-state index in [0.717, 1.165) is 31.6 Å². The standard InChI is InChI=1S/C37H42O2/c1-35-24-22-30-29(31(35)18-20-33(35)38)23-25-36(2)32(30)19-21-34(36)39-37(26-12-6-3-7-13-26,27-14-8-4-9-15-27)28-16-10-5-11-17-28/h3-17,29-32,34H,18-25H2,1-2H3/t29-,30+,31+,32-,34-,35+,36-/m0/s1. The Morgan fingerprint density at radius 1 is 0.641 bits per heavy atom. The number of benzene rings is 3. The van der Waals surface area contributed by atoms with Crippen molar-refractivity contribution in [2.75, 3.05) is 0 Å². The maximum Gasteiger partial charge on any atom is 0.144 e. The van der Waals surface area contributed by atoms with Gasteiger partial charge in [0.2, 0.25) is 0 Å². The van der Waals surface area contributed by atoms with Crippen molar-refractivity contribution >= 4 is 5.78 Å². The second-order valence-corrected chi connectivity index (χ2v) is 13.5. The maximum absolute atomic E-state index is 12.9. The van der Waals surface area contributed by atoms with Crippen molar-refractivity contribution in [3.05, 3.63) is 108 Å². The van der Waals surface area contributed by atoms with Crippen LogP contribution in [0, 0.1) is 34.5 Å². The predicted molar refractivity (Wildman–Crippen MR) is 156 cm³/mol. The lowest BCUT2D eigenvalue weighted by molar-refractivity contribution is -0.145. The van der Waals surface area contributed by atoms with Crippen LogP contribution < -0.4 is 0 Å². The highest BCUT2D eigenvalue weighted by atomic mass is 16.5. The summed E-state index contributed by atoms with van der Waals surface area (Å²) in [5.41, 5.74) is 3.03. The van der Waals surface area contributed by atoms with Gasteiger partial charge in [0.05, 0.1) is 6.10 Å². The molecule has 0 aromatic heterocycles. The molecule has 0 spiro atoms. The van der Waals surface area contributed by atoms with Gasteiger partial charge in [-0.2, -0.15) is 0 Å². The zero-order valence-corrected chi connectivity index (χ0v) is 23.5. The molecule has 0 amide bonds. The van der Waals surface area contributed by atoms with Gasteiger partial charge < -0.3 is 4.74 Å². The van der Waals surface area contributed by atoms with Crippen molar-refractivity contribution < 1.29 is 9.53 Å². The number of carbonyl (C=O) groups is 1. The van der Waals surface area contributed by atoms with E-state index in [2.05, 4.69) is 105 Å². The van der Waals surface area contributed by atoms with E-state index in [-0.39, 0.29) is 16.9 Å². The maximum atomic E-state index is 12.9. The highest BCUT2D eigenvalue weighted by Gasteiger charge is 2.62. The summed E-state index contributed by atoms with van der Waals surface area (Å²) in [5, 5.41) is 0. The Kier molecular flexibility index (Phi) is 6.12. The number of ether oxygens (including phenoxy) is 1. The van der Waals surface area contributed by atoms with E-state index in [1.54, 1.807) is 0 Å². The topological polar surface area (TPSA) is 26.3 Å². The zero-order chi connectivity index (χ0) is 26.7. The zero-order valence-electron chi connectivity index (χ0n) is 23.5. The molecule has 4 saturated carbocycles. The molecule has 0 saturated heterocycles. The molecule has 2 nitrogen and oxygen atoms in total. The van der Waals surface area contributed by atoms with Crippen LogP contribution in [0.4, 0.5) is 0 Å². The molecule has 202 valence electrons. The quantitative estimate of drug-likeness (QED) is 0.316. The smallest absolute Gasteiger partial charge is 0.144 e. The summed E-state index contributed by atoms with van der Waals surface area (Å²) in [4.78, 5) is 12.9. The van der Waals surface area contributed by atoms with E-state index < -0.39 is 5.60 Å². The first-order chi connectivity index (χ1) is 19.0. The van der Waals surface area contributed by atoms with Crippen molar-refractivity contribution in [2.45, 2.75) is 76.9 Å². The lowest BCUT2D eigenvalue weighted by Crippen LogP contribution is -2.52. The van der Waals surface area contributed by atoms with Crippen LogP contribution in [0.1, 0.15) is 81.9 Å². The Labute approximate surface area is 234 Å². The highest BCUT2D eigenvalue weighted by Crippen LogP contribution is 2.66. The Bertz CT molecular complexity index is 1220. The minimum absolute atomic E-state index is 0.0491. The second kappa shape index (κ2) is 9.44. The molecule has 4 aliphatic carbocycles. The van der Waals surface area contributed by atoms with Gasteiger partial charge in [-0.1, -0.05) is 105 Å². The molecular weight excluding hydrogens is 476 g/mol. The molecule has 3 aromatic rings. The highest BCUT2D eigenvalue weighted by molar-refractivity contribution is 5.87. The molecule has 39 heavy (non-hydrogen) atoms. The number of hydrogen-bond donors (Lipinski definition) is 0. The van der Waals surface area contributed by atoms with Crippen LogP contribution in [-0.4, -0.2) is 11.9 Å². The van der Waals surface area contributed by atoms with Gasteiger partial charge in [0, 0.05) is 11.8 Å². The molecule has 7 atom stereocenters. The molecule has 0 N–H and O–H groups in total. The molecule has 4 aliphatic rings. The van der Waals surface area contributed by atoms with E-state index in [4.69, 9.17) is 4.74 Å². The molecule has 0 unspecified atom stereocenters. The lowest BCUT2D eigenvalue weighted by Gasteiger charge is -2.56. The fourth-order valence-corrected chi connectivity index (χ4v) is 9.89. The summed E-state index contributed by atoms with van der Waals surface area (Å²) >= 11 is 0. The number of Topliss-reactive ketones (excluding diaryl/α,β-unsaturated/α-hetero) is 1. The van der Waals surface area contributed by atoms with Crippen LogP contribution in [-0.2, 0) is 15.1 Å². The van der Waals surface area contributed by atoms with E-state index in [0.29, 0.717) is 23.5 Å². The number of fused-ring (bicyclic) bond motifs is 5. The molecule has 0 radical (unpaired) electrons. The summed E-state index contributed by atoms with van der Waals surface area (Å²) in [5.74, 6) is 3.28. The van der Waals surface area contributed by atoms with Crippen molar-refractivity contribution in [1.29, 1.82) is 0 Å². The second-order valence-electron chi connectivity index (χ2n) is 13.5. The summed E-state index contributed by atoms with van der Waals surface area (Å²) in [6.07, 6.45) is 9.25. The minimum Gasteiger partial charge on any atom is -0.357 e. The van der Waals surface area contributed by atoms with Crippen LogP contribution in [0.25, 0.3) is 0 Å². The van der Waals surface area contributed by atoms with Crippen LogP contribution in [0.2, 0.25) is 0 Å². The van der Waals surface area contributed by atoms with E-state index >= 15 is 0 Å². The first-order valence-corrected chi connectivity index (χ1v) is 15.3. The van der Waals surface area contributed by atoms with Gasteiger partial charge in [-0.3, -0.25) is 4.79 Å². The largest absolute Gasteiger partial charge is 0.357 e. The van der Waals surface area contributed by atoms with Crippen molar-refractivity contribution in [1.82, 2.24) is 0 Å². The predicted octanol–water partition coefficient (Wildman–Crippen LogP) is 8.59. The summed E-state index contributed by atoms with van der Waals surface area (Å²) in [6, 6.07) is 32.6. The third-order valence-electron chi connectivity index (χ3n) is 11.9. The third kappa shape index (κ3) is 3.74. The number of ketones is 1. The van der Waals surface area contributed by atoms with E-state index in [1.807, 2.05) is 0 Å². The van der Waals surface area contributed by atoms with Crippen LogP contribution in [0.3, 0.4) is 0 Å². The van der Waals surface area contributed by atoms with E-state index in [9.17, 15) is 4.79 Å². The number of rotatable bonds is 5. The van der Waals surface area contributed by atoms with Gasteiger partial charge >= 0.3 is 0 Å². The molecule has 7 rings (SSSR count). The Morgan fingerprint density at radius 2 is 1.15 bits per heavy atom. The van der Waals surface area contributed by atoms with Crippen LogP contribution >= 0.6 is 0 Å². The molecule has 4 fully saturated rings. The molecular formula is C37H42O2. The molecule has 0 heterocycles. The van der Waals surface area contributed by atoms with Gasteiger partial charge in [0.15, 0.2) is 0 Å². The Balaban J connectivity index is 1.28. The fraction of sp³-hybridized carbons (Fsp3) is 0.486. The Hall–Kier alpha value is -2.71. The van der Waals surface area contributed by atoms with Gasteiger partial charge in [-0.05, 0) is 90.7 Å². The number of hydrogen-bond acceptors (Lipinski definition) is 2. The fourth-order valence-electron chi connectivity index (χ4n) is 9.89. The average Bonchev–Trinajstić information content (AvgIpc) is 3.48. The van der Waals surface area contributed by atoms with Crippen molar-refractivity contribution in [3.63, 3.8) is 0 Å². The Morgan fingerprint density at radius 3 is 1.72 bits per heavy atom. The monoisotopic (exact) mass is 518 g/mol. The lowest BCUT2D eigenvalue weighted by atomic mass is 9.50. The molecule has 2 heteroatoms. The summed E-state index contributed by atoms with van der Waals surface area (Å²) < 4.78 is 7.68. The normalized spacial score (nSPS) is 35.7. The van der Waals surface area contributed by atoms with Gasteiger partial charge in [0.25, 0.3) is 0 Å². The number of carbonyl (C=O) groups excluding carboxylic acids is 1. The van der Waals surface area contributed by atoms with Gasteiger partial charge in [0.1, 0.15) is 11.4 Å². The third-order valence-corrected chi connectivity index (χ3v) is 11.9. The molecule has 3 aromatic carbocycles. The minimum atomic E-state index is -0.661. The summed E-state index contributed by atoms with van der Waals surface area (Å²) in [6.45, 7) is 4.84. The van der Waals surface area contributed by atoms with Crippen LogP contribution in [0.15, 0.2) is 91.0 Å². The molecule has 0 aliphatic heterocycles. The molecule has 0 bridgehead atoms. The first kappa shape index (κ1) is 25.3. The van der Waals surface area contributed by atoms with Crippen LogP contribution in [0.5, 0.6) is 0 Å².